The van der Waals surface area contributed by atoms with Crippen LogP contribution in [0.25, 0.3) is 0 Å². The SMILES string of the molecule is CCC1(O)CCCN2CC1n1cc(C(=O)NCc3ccc(F)cc3F)c(=O)c(O)c1C2=O. The van der Waals surface area contributed by atoms with Crippen molar-refractivity contribution >= 4 is 11.8 Å². The van der Waals surface area contributed by atoms with E-state index in [1.165, 1.54) is 21.7 Å². The minimum absolute atomic E-state index is 0.0111. The number of pyridine rings is 1. The van der Waals surface area contributed by atoms with E-state index in [0.717, 1.165) is 6.07 Å². The molecule has 2 atom stereocenters. The van der Waals surface area contributed by atoms with Crippen LogP contribution in [0.4, 0.5) is 8.78 Å². The summed E-state index contributed by atoms with van der Waals surface area (Å²) >= 11 is 0. The van der Waals surface area contributed by atoms with Crippen molar-refractivity contribution in [3.63, 3.8) is 0 Å². The summed E-state index contributed by atoms with van der Waals surface area (Å²) in [4.78, 5) is 39.8. The summed E-state index contributed by atoms with van der Waals surface area (Å²) in [5, 5.41) is 24.1. The van der Waals surface area contributed by atoms with Gasteiger partial charge in [0.2, 0.25) is 5.43 Å². The zero-order valence-corrected chi connectivity index (χ0v) is 17.4. The minimum atomic E-state index is -1.20. The molecule has 1 fully saturated rings. The normalized spacial score (nSPS) is 22.3. The molecular weight excluding hydrogens is 424 g/mol. The predicted molar refractivity (Wildman–Crippen MR) is 109 cm³/mol. The number of nitrogens with one attached hydrogen (secondary N) is 1. The molecule has 0 aliphatic carbocycles. The van der Waals surface area contributed by atoms with E-state index in [0.29, 0.717) is 31.9 Å². The van der Waals surface area contributed by atoms with E-state index in [4.69, 9.17) is 0 Å². The van der Waals surface area contributed by atoms with Gasteiger partial charge in [-0.3, -0.25) is 14.4 Å². The maximum atomic E-state index is 13.9. The van der Waals surface area contributed by atoms with Crippen molar-refractivity contribution in [2.24, 2.45) is 0 Å². The van der Waals surface area contributed by atoms with Crippen LogP contribution in [0.2, 0.25) is 0 Å². The summed E-state index contributed by atoms with van der Waals surface area (Å²) in [6.07, 6.45) is 2.51. The minimum Gasteiger partial charge on any atom is -0.503 e. The van der Waals surface area contributed by atoms with Crippen LogP contribution in [0.3, 0.4) is 0 Å². The molecule has 3 heterocycles. The van der Waals surface area contributed by atoms with Crippen molar-refractivity contribution in [2.45, 2.75) is 44.4 Å². The fraction of sp³-hybridized carbons (Fsp3) is 0.409. The lowest BCUT2D eigenvalue weighted by Crippen LogP contribution is -2.50. The molecule has 10 heteroatoms. The Morgan fingerprint density at radius 1 is 1.31 bits per heavy atom. The molecule has 1 saturated heterocycles. The number of aromatic nitrogens is 1. The second-order valence-corrected chi connectivity index (χ2v) is 8.22. The Kier molecular flexibility index (Phi) is 5.49. The molecule has 3 N–H and O–H groups in total. The van der Waals surface area contributed by atoms with Crippen molar-refractivity contribution in [1.82, 2.24) is 14.8 Å². The third-order valence-corrected chi connectivity index (χ3v) is 6.40. The van der Waals surface area contributed by atoms with Gasteiger partial charge >= 0.3 is 0 Å². The smallest absolute Gasteiger partial charge is 0.274 e. The standard InChI is InChI=1S/C22H23F2N3O5/c1-2-22(32)6-3-7-26-11-16(22)27-10-14(18(28)19(29)17(27)21(26)31)20(30)25-9-12-4-5-13(23)8-15(12)24/h4-5,8,10,16,29,32H,2-3,6-7,9,11H2,1H3,(H,25,30). The van der Waals surface area contributed by atoms with Crippen molar-refractivity contribution < 1.29 is 28.6 Å². The lowest BCUT2D eigenvalue weighted by Gasteiger charge is -2.41. The van der Waals surface area contributed by atoms with Gasteiger partial charge in [-0.15, -0.1) is 0 Å². The first-order chi connectivity index (χ1) is 15.2. The highest BCUT2D eigenvalue weighted by molar-refractivity contribution is 5.99. The Bertz CT molecular complexity index is 1160. The zero-order valence-electron chi connectivity index (χ0n) is 17.4. The van der Waals surface area contributed by atoms with E-state index in [-0.39, 0.29) is 24.3 Å². The number of carbonyl (C=O) groups excluding carboxylic acids is 2. The Morgan fingerprint density at radius 3 is 2.75 bits per heavy atom. The molecule has 0 radical (unpaired) electrons. The molecule has 2 bridgehead atoms. The van der Waals surface area contributed by atoms with Gasteiger partial charge in [0.05, 0.1) is 11.6 Å². The third-order valence-electron chi connectivity index (χ3n) is 6.40. The molecule has 1 aromatic carbocycles. The molecule has 0 saturated carbocycles. The molecule has 1 aromatic heterocycles. The van der Waals surface area contributed by atoms with Crippen LogP contribution >= 0.6 is 0 Å². The Labute approximate surface area is 182 Å². The highest BCUT2D eigenvalue weighted by Gasteiger charge is 2.46. The van der Waals surface area contributed by atoms with Gasteiger partial charge in [-0.25, -0.2) is 8.78 Å². The van der Waals surface area contributed by atoms with E-state index in [1.54, 1.807) is 6.92 Å². The van der Waals surface area contributed by atoms with E-state index in [1.807, 2.05) is 0 Å². The van der Waals surface area contributed by atoms with Crippen LogP contribution in [0, 0.1) is 11.6 Å². The molecule has 2 aliphatic rings. The largest absolute Gasteiger partial charge is 0.503 e. The second-order valence-electron chi connectivity index (χ2n) is 8.22. The van der Waals surface area contributed by atoms with Crippen LogP contribution < -0.4 is 10.7 Å². The molecule has 2 unspecified atom stereocenters. The van der Waals surface area contributed by atoms with E-state index >= 15 is 0 Å². The van der Waals surface area contributed by atoms with Crippen LogP contribution in [0.1, 0.15) is 58.6 Å². The summed E-state index contributed by atoms with van der Waals surface area (Å²) in [6.45, 7) is 2.05. The summed E-state index contributed by atoms with van der Waals surface area (Å²) < 4.78 is 28.2. The van der Waals surface area contributed by atoms with E-state index in [9.17, 15) is 33.4 Å². The van der Waals surface area contributed by atoms with Crippen molar-refractivity contribution in [3.05, 3.63) is 63.1 Å². The number of rotatable bonds is 4. The molecule has 2 amide bonds. The zero-order chi connectivity index (χ0) is 23.2. The first kappa shape index (κ1) is 21.9. The number of aliphatic hydroxyl groups is 1. The average molecular weight is 447 g/mol. The summed E-state index contributed by atoms with van der Waals surface area (Å²) in [6, 6.07) is 2.23. The predicted octanol–water partition coefficient (Wildman–Crippen LogP) is 1.69. The van der Waals surface area contributed by atoms with Gasteiger partial charge in [-0.05, 0) is 25.3 Å². The molecule has 170 valence electrons. The second kappa shape index (κ2) is 8.01. The maximum absolute atomic E-state index is 13.9. The van der Waals surface area contributed by atoms with Crippen molar-refractivity contribution in [1.29, 1.82) is 0 Å². The number of halogens is 2. The van der Waals surface area contributed by atoms with Gasteiger partial charge in [0, 0.05) is 37.5 Å². The molecule has 2 aliphatic heterocycles. The van der Waals surface area contributed by atoms with Gasteiger partial charge in [0.15, 0.2) is 11.4 Å². The van der Waals surface area contributed by atoms with Gasteiger partial charge in [0.25, 0.3) is 11.8 Å². The number of nitrogens with zero attached hydrogens (tertiary/aromatic N) is 2. The molecule has 2 aromatic rings. The van der Waals surface area contributed by atoms with Gasteiger partial charge in [0.1, 0.15) is 17.2 Å². The van der Waals surface area contributed by atoms with Crippen LogP contribution in [-0.4, -0.2) is 50.2 Å². The molecule has 4 rings (SSSR count). The molecule has 8 nitrogen and oxygen atoms in total. The lowest BCUT2D eigenvalue weighted by atomic mass is 9.86. The molecule has 32 heavy (non-hydrogen) atoms. The topological polar surface area (TPSA) is 112 Å². The van der Waals surface area contributed by atoms with Crippen molar-refractivity contribution in [3.8, 4) is 5.75 Å². The third kappa shape index (κ3) is 3.54. The Hall–Kier alpha value is -3.27. The van der Waals surface area contributed by atoms with E-state index in [2.05, 4.69) is 5.32 Å². The Balaban J connectivity index is 1.73. The highest BCUT2D eigenvalue weighted by Crippen LogP contribution is 2.39. The Morgan fingerprint density at radius 2 is 2.06 bits per heavy atom. The first-order valence-corrected chi connectivity index (χ1v) is 10.4. The molecular formula is C22H23F2N3O5. The van der Waals surface area contributed by atoms with Gasteiger partial charge in [-0.1, -0.05) is 13.0 Å². The van der Waals surface area contributed by atoms with Crippen molar-refractivity contribution in [2.75, 3.05) is 13.1 Å². The average Bonchev–Trinajstić information content (AvgIpc) is 2.91. The number of benzene rings is 1. The number of aromatic hydroxyl groups is 1. The summed E-state index contributed by atoms with van der Waals surface area (Å²) in [5.74, 6) is -3.93. The monoisotopic (exact) mass is 447 g/mol. The maximum Gasteiger partial charge on any atom is 0.274 e. The number of fused-ring (bicyclic) bond motifs is 4. The fourth-order valence-electron chi connectivity index (χ4n) is 4.48. The highest BCUT2D eigenvalue weighted by atomic mass is 19.1. The van der Waals surface area contributed by atoms with Gasteiger partial charge < -0.3 is 25.0 Å². The summed E-state index contributed by atoms with van der Waals surface area (Å²) in [5.41, 5.74) is -2.94. The number of amides is 2. The summed E-state index contributed by atoms with van der Waals surface area (Å²) in [7, 11) is 0. The number of hydrogen-bond donors (Lipinski definition) is 3. The van der Waals surface area contributed by atoms with Crippen LogP contribution in [0.15, 0.2) is 29.2 Å². The molecule has 0 spiro atoms. The number of carbonyl (C=O) groups is 2. The lowest BCUT2D eigenvalue weighted by molar-refractivity contribution is -0.0270. The van der Waals surface area contributed by atoms with Gasteiger partial charge in [-0.2, -0.15) is 0 Å². The van der Waals surface area contributed by atoms with Crippen LogP contribution in [0.5, 0.6) is 5.75 Å². The van der Waals surface area contributed by atoms with Crippen LogP contribution in [-0.2, 0) is 6.54 Å². The first-order valence-electron chi connectivity index (χ1n) is 10.4. The number of hydrogen-bond acceptors (Lipinski definition) is 5. The van der Waals surface area contributed by atoms with E-state index < -0.39 is 51.8 Å². The fourth-order valence-corrected chi connectivity index (χ4v) is 4.48. The quantitative estimate of drug-likeness (QED) is 0.661.